The first-order valence-electron chi connectivity index (χ1n) is 6.18. The van der Waals surface area contributed by atoms with Crippen LogP contribution < -0.4 is 11.1 Å². The number of rotatable bonds is 3. The summed E-state index contributed by atoms with van der Waals surface area (Å²) in [5.74, 6) is 1.84. The summed E-state index contributed by atoms with van der Waals surface area (Å²) in [5, 5.41) is 2.98. The van der Waals surface area contributed by atoms with E-state index in [2.05, 4.69) is 5.32 Å². The van der Waals surface area contributed by atoms with Crippen molar-refractivity contribution in [2.45, 2.75) is 45.2 Å². The third-order valence-electron chi connectivity index (χ3n) is 3.39. The molecule has 1 fully saturated rings. The maximum absolute atomic E-state index is 12.0. The van der Waals surface area contributed by atoms with Gasteiger partial charge in [0, 0.05) is 12.0 Å². The van der Waals surface area contributed by atoms with E-state index >= 15 is 0 Å². The standard InChI is InChI=1S/C13H20N2O2/c1-8-3-6-12(17-8)9(2)15-13(16)10-4-5-11(14)7-10/h3,6,9-11H,4-5,7,14H2,1-2H3,(H,15,16). The van der Waals surface area contributed by atoms with E-state index < -0.39 is 0 Å². The number of aryl methyl sites for hydroxylation is 1. The highest BCUT2D eigenvalue weighted by Crippen LogP contribution is 2.25. The molecule has 17 heavy (non-hydrogen) atoms. The SMILES string of the molecule is Cc1ccc(C(C)NC(=O)C2CCC(N)C2)o1. The second-order valence-corrected chi connectivity index (χ2v) is 4.95. The zero-order chi connectivity index (χ0) is 12.4. The number of hydrogen-bond donors (Lipinski definition) is 2. The van der Waals surface area contributed by atoms with E-state index in [0.29, 0.717) is 0 Å². The van der Waals surface area contributed by atoms with E-state index in [1.807, 2.05) is 26.0 Å². The van der Waals surface area contributed by atoms with Crippen LogP contribution in [0.4, 0.5) is 0 Å². The van der Waals surface area contributed by atoms with Crippen molar-refractivity contribution in [1.29, 1.82) is 0 Å². The molecule has 3 N–H and O–H groups in total. The van der Waals surface area contributed by atoms with Crippen molar-refractivity contribution < 1.29 is 9.21 Å². The Kier molecular flexibility index (Phi) is 3.52. The van der Waals surface area contributed by atoms with Crippen LogP contribution in [0.15, 0.2) is 16.5 Å². The zero-order valence-corrected chi connectivity index (χ0v) is 10.4. The molecule has 1 amide bonds. The van der Waals surface area contributed by atoms with Crippen LogP contribution >= 0.6 is 0 Å². The van der Waals surface area contributed by atoms with Gasteiger partial charge < -0.3 is 15.5 Å². The van der Waals surface area contributed by atoms with Gasteiger partial charge in [-0.25, -0.2) is 0 Å². The predicted molar refractivity (Wildman–Crippen MR) is 65.3 cm³/mol. The Morgan fingerprint density at radius 1 is 1.53 bits per heavy atom. The highest BCUT2D eigenvalue weighted by atomic mass is 16.3. The first kappa shape index (κ1) is 12.2. The van der Waals surface area contributed by atoms with E-state index in [9.17, 15) is 4.79 Å². The van der Waals surface area contributed by atoms with Crippen LogP contribution in [0.3, 0.4) is 0 Å². The van der Waals surface area contributed by atoms with Gasteiger partial charge in [0.1, 0.15) is 11.5 Å². The molecule has 4 heteroatoms. The summed E-state index contributed by atoms with van der Waals surface area (Å²) in [4.78, 5) is 12.0. The molecule has 1 saturated carbocycles. The van der Waals surface area contributed by atoms with Gasteiger partial charge in [-0.3, -0.25) is 4.79 Å². The van der Waals surface area contributed by atoms with Gasteiger partial charge in [-0.2, -0.15) is 0 Å². The number of furan rings is 1. The lowest BCUT2D eigenvalue weighted by molar-refractivity contribution is -0.125. The Bertz CT molecular complexity index is 400. The monoisotopic (exact) mass is 236 g/mol. The topological polar surface area (TPSA) is 68.3 Å². The highest BCUT2D eigenvalue weighted by molar-refractivity contribution is 5.79. The van der Waals surface area contributed by atoms with E-state index in [1.54, 1.807) is 0 Å². The summed E-state index contributed by atoms with van der Waals surface area (Å²) in [6, 6.07) is 3.92. The number of hydrogen-bond acceptors (Lipinski definition) is 3. The summed E-state index contributed by atoms with van der Waals surface area (Å²) < 4.78 is 5.49. The molecule has 1 aliphatic rings. The normalized spacial score (nSPS) is 25.8. The van der Waals surface area contributed by atoms with Gasteiger partial charge in [0.2, 0.25) is 5.91 Å². The second kappa shape index (κ2) is 4.92. The molecular weight excluding hydrogens is 216 g/mol. The van der Waals surface area contributed by atoms with E-state index in [1.165, 1.54) is 0 Å². The van der Waals surface area contributed by atoms with Crippen molar-refractivity contribution in [1.82, 2.24) is 5.32 Å². The first-order valence-corrected chi connectivity index (χ1v) is 6.18. The molecule has 3 atom stereocenters. The maximum atomic E-state index is 12.0. The van der Waals surface area contributed by atoms with Gasteiger partial charge in [0.25, 0.3) is 0 Å². The number of carbonyl (C=O) groups is 1. The molecule has 1 aromatic rings. The minimum Gasteiger partial charge on any atom is -0.464 e. The smallest absolute Gasteiger partial charge is 0.223 e. The minimum absolute atomic E-state index is 0.0727. The lowest BCUT2D eigenvalue weighted by Crippen LogP contribution is -2.32. The third kappa shape index (κ3) is 2.88. The van der Waals surface area contributed by atoms with E-state index in [4.69, 9.17) is 10.2 Å². The molecule has 1 heterocycles. The summed E-state index contributed by atoms with van der Waals surface area (Å²) >= 11 is 0. The van der Waals surface area contributed by atoms with Gasteiger partial charge >= 0.3 is 0 Å². The van der Waals surface area contributed by atoms with Crippen molar-refractivity contribution in [2.75, 3.05) is 0 Å². The molecule has 0 aliphatic heterocycles. The summed E-state index contributed by atoms with van der Waals surface area (Å²) in [7, 11) is 0. The molecule has 1 aromatic heterocycles. The minimum atomic E-state index is -0.0759. The van der Waals surface area contributed by atoms with E-state index in [0.717, 1.165) is 30.8 Å². The van der Waals surface area contributed by atoms with Crippen LogP contribution in [0.25, 0.3) is 0 Å². The molecule has 3 unspecified atom stereocenters. The highest BCUT2D eigenvalue weighted by Gasteiger charge is 2.28. The van der Waals surface area contributed by atoms with Crippen LogP contribution in [0.1, 0.15) is 43.7 Å². The molecule has 0 saturated heterocycles. The summed E-state index contributed by atoms with van der Waals surface area (Å²) in [5.41, 5.74) is 5.81. The fourth-order valence-electron chi connectivity index (χ4n) is 2.34. The Hall–Kier alpha value is -1.29. The molecule has 2 rings (SSSR count). The second-order valence-electron chi connectivity index (χ2n) is 4.95. The summed E-state index contributed by atoms with van der Waals surface area (Å²) in [6.45, 7) is 3.83. The van der Waals surface area contributed by atoms with Crippen LogP contribution in [0.5, 0.6) is 0 Å². The zero-order valence-electron chi connectivity index (χ0n) is 10.4. The first-order chi connectivity index (χ1) is 8.06. The van der Waals surface area contributed by atoms with Gasteiger partial charge in [-0.1, -0.05) is 0 Å². The van der Waals surface area contributed by atoms with Gasteiger partial charge in [0.05, 0.1) is 6.04 Å². The molecule has 0 aromatic carbocycles. The quantitative estimate of drug-likeness (QED) is 0.842. The number of nitrogens with two attached hydrogens (primary N) is 1. The predicted octanol–water partition coefficient (Wildman–Crippen LogP) is 1.89. The largest absolute Gasteiger partial charge is 0.464 e. The third-order valence-corrected chi connectivity index (χ3v) is 3.39. The average Bonchev–Trinajstić information content (AvgIpc) is 2.87. The molecule has 4 nitrogen and oxygen atoms in total. The number of nitrogens with one attached hydrogen (secondary N) is 1. The Morgan fingerprint density at radius 2 is 2.29 bits per heavy atom. The van der Waals surface area contributed by atoms with Crippen LogP contribution in [-0.2, 0) is 4.79 Å². The van der Waals surface area contributed by atoms with Crippen LogP contribution in [0, 0.1) is 12.8 Å². The van der Waals surface area contributed by atoms with Crippen molar-refractivity contribution in [2.24, 2.45) is 11.7 Å². The molecule has 94 valence electrons. The number of amides is 1. The molecule has 1 aliphatic carbocycles. The Morgan fingerprint density at radius 3 is 2.82 bits per heavy atom. The lowest BCUT2D eigenvalue weighted by atomic mass is 10.1. The van der Waals surface area contributed by atoms with Gasteiger partial charge in [0.15, 0.2) is 0 Å². The van der Waals surface area contributed by atoms with Crippen LogP contribution in [-0.4, -0.2) is 11.9 Å². The molecule has 0 radical (unpaired) electrons. The van der Waals surface area contributed by atoms with Crippen LogP contribution in [0.2, 0.25) is 0 Å². The maximum Gasteiger partial charge on any atom is 0.223 e. The fourth-order valence-corrected chi connectivity index (χ4v) is 2.34. The van der Waals surface area contributed by atoms with Crippen molar-refractivity contribution >= 4 is 5.91 Å². The van der Waals surface area contributed by atoms with Crippen molar-refractivity contribution in [3.05, 3.63) is 23.7 Å². The molecular formula is C13H20N2O2. The Labute approximate surface area is 102 Å². The van der Waals surface area contributed by atoms with Gasteiger partial charge in [-0.15, -0.1) is 0 Å². The lowest BCUT2D eigenvalue weighted by Gasteiger charge is -2.15. The Balaban J connectivity index is 1.90. The average molecular weight is 236 g/mol. The van der Waals surface area contributed by atoms with Crippen molar-refractivity contribution in [3.63, 3.8) is 0 Å². The molecule has 0 bridgehead atoms. The van der Waals surface area contributed by atoms with E-state index in [-0.39, 0.29) is 23.9 Å². The summed E-state index contributed by atoms with van der Waals surface area (Å²) in [6.07, 6.45) is 2.65. The van der Waals surface area contributed by atoms with Crippen molar-refractivity contribution in [3.8, 4) is 0 Å². The van der Waals surface area contributed by atoms with Gasteiger partial charge in [-0.05, 0) is 45.2 Å². The number of carbonyl (C=O) groups excluding carboxylic acids is 1. The molecule has 0 spiro atoms. The fraction of sp³-hybridized carbons (Fsp3) is 0.615.